The fourth-order valence-corrected chi connectivity index (χ4v) is 5.25. The van der Waals surface area contributed by atoms with Crippen LogP contribution in [0.4, 0.5) is 0 Å². The molecular weight excluding hydrogens is 406 g/mol. The molecule has 1 aliphatic rings. The Labute approximate surface area is 180 Å². The van der Waals surface area contributed by atoms with E-state index in [0.29, 0.717) is 45.6 Å². The number of aromatic amines is 1. The van der Waals surface area contributed by atoms with Crippen LogP contribution in [0.25, 0.3) is 10.2 Å². The number of aliphatic hydroxyl groups is 1. The number of esters is 1. The number of hydrogen-bond donors (Lipinski definition) is 2. The number of nitrogens with one attached hydrogen (secondary N) is 1. The first-order valence-corrected chi connectivity index (χ1v) is 11.4. The van der Waals surface area contributed by atoms with Crippen molar-refractivity contribution in [2.75, 3.05) is 26.9 Å². The third kappa shape index (κ3) is 5.26. The number of aliphatic hydroxyl groups excluding tert-OH is 1. The normalized spacial score (nSPS) is 16.3. The van der Waals surface area contributed by atoms with Gasteiger partial charge >= 0.3 is 5.97 Å². The summed E-state index contributed by atoms with van der Waals surface area (Å²) >= 11 is 1.19. The van der Waals surface area contributed by atoms with E-state index in [0.717, 1.165) is 25.7 Å². The molecule has 0 bridgehead atoms. The summed E-state index contributed by atoms with van der Waals surface area (Å²) in [5.41, 5.74) is 0.355. The van der Waals surface area contributed by atoms with E-state index in [1.807, 2.05) is 0 Å². The lowest BCUT2D eigenvalue weighted by molar-refractivity contribution is 0.0173. The summed E-state index contributed by atoms with van der Waals surface area (Å²) in [6.07, 6.45) is 5.09. The molecule has 8 nitrogen and oxygen atoms in total. The van der Waals surface area contributed by atoms with Gasteiger partial charge in [0.15, 0.2) is 0 Å². The van der Waals surface area contributed by atoms with E-state index >= 15 is 0 Å². The van der Waals surface area contributed by atoms with Crippen molar-refractivity contribution in [2.45, 2.75) is 64.6 Å². The molecule has 9 heteroatoms. The molecule has 2 aromatic heterocycles. The predicted molar refractivity (Wildman–Crippen MR) is 116 cm³/mol. The van der Waals surface area contributed by atoms with E-state index in [1.165, 1.54) is 17.8 Å². The standard InChI is InChI=1S/C21H31N3O5S/c1-4-29-21(27)18-13(2)17-19(26)22-16(23-20(17)30-18)11-24(10-15(25)12-28-3)14-8-6-5-7-9-14/h14-15,25H,4-12H2,1-3H3,(H,22,23,26). The van der Waals surface area contributed by atoms with Crippen LogP contribution in [0.5, 0.6) is 0 Å². The molecule has 166 valence electrons. The smallest absolute Gasteiger partial charge is 0.348 e. The van der Waals surface area contributed by atoms with Crippen molar-refractivity contribution in [3.8, 4) is 0 Å². The third-order valence-electron chi connectivity index (χ3n) is 5.56. The number of rotatable bonds is 9. The monoisotopic (exact) mass is 437 g/mol. The number of carbonyl (C=O) groups excluding carboxylic acids is 1. The molecule has 1 saturated carbocycles. The van der Waals surface area contributed by atoms with E-state index in [4.69, 9.17) is 9.47 Å². The number of aromatic nitrogens is 2. The maximum Gasteiger partial charge on any atom is 0.348 e. The van der Waals surface area contributed by atoms with Crippen LogP contribution >= 0.6 is 11.3 Å². The van der Waals surface area contributed by atoms with E-state index in [-0.39, 0.29) is 18.8 Å². The number of ether oxygens (including phenoxy) is 2. The summed E-state index contributed by atoms with van der Waals surface area (Å²) in [4.78, 5) is 35.6. The van der Waals surface area contributed by atoms with Gasteiger partial charge in [0, 0.05) is 19.7 Å². The quantitative estimate of drug-likeness (QED) is 0.581. The Morgan fingerprint density at radius 3 is 2.77 bits per heavy atom. The molecule has 0 radical (unpaired) electrons. The number of hydrogen-bond acceptors (Lipinski definition) is 8. The van der Waals surface area contributed by atoms with Crippen molar-refractivity contribution in [1.82, 2.24) is 14.9 Å². The lowest BCUT2D eigenvalue weighted by atomic mass is 9.94. The van der Waals surface area contributed by atoms with Crippen LogP contribution < -0.4 is 5.56 Å². The maximum absolute atomic E-state index is 12.8. The molecule has 0 spiro atoms. The Kier molecular flexibility index (Phi) is 7.99. The Balaban J connectivity index is 1.89. The number of thiophene rings is 1. The van der Waals surface area contributed by atoms with Crippen molar-refractivity contribution >= 4 is 27.5 Å². The van der Waals surface area contributed by atoms with Crippen LogP contribution in [0.3, 0.4) is 0 Å². The lowest BCUT2D eigenvalue weighted by Crippen LogP contribution is -2.42. The van der Waals surface area contributed by atoms with Crippen LogP contribution in [0.2, 0.25) is 0 Å². The predicted octanol–water partition coefficient (Wildman–Crippen LogP) is 2.61. The van der Waals surface area contributed by atoms with E-state index in [1.54, 1.807) is 21.0 Å². The number of H-pyrrole nitrogens is 1. The molecule has 2 N–H and O–H groups in total. The van der Waals surface area contributed by atoms with Gasteiger partial charge in [0.2, 0.25) is 0 Å². The van der Waals surface area contributed by atoms with Gasteiger partial charge in [-0.3, -0.25) is 9.69 Å². The summed E-state index contributed by atoms with van der Waals surface area (Å²) in [5.74, 6) is 0.116. The summed E-state index contributed by atoms with van der Waals surface area (Å²) < 4.78 is 10.2. The molecule has 2 heterocycles. The van der Waals surface area contributed by atoms with Crippen LogP contribution in [0.1, 0.15) is 60.1 Å². The van der Waals surface area contributed by atoms with Crippen molar-refractivity contribution in [2.24, 2.45) is 0 Å². The average molecular weight is 438 g/mol. The first kappa shape index (κ1) is 22.9. The van der Waals surface area contributed by atoms with Crippen molar-refractivity contribution in [1.29, 1.82) is 0 Å². The molecule has 2 aromatic rings. The average Bonchev–Trinajstić information content (AvgIpc) is 3.05. The highest BCUT2D eigenvalue weighted by Crippen LogP contribution is 2.28. The number of carbonyl (C=O) groups is 1. The molecule has 1 unspecified atom stereocenters. The molecule has 0 amide bonds. The highest BCUT2D eigenvalue weighted by Gasteiger charge is 2.25. The van der Waals surface area contributed by atoms with E-state index < -0.39 is 12.1 Å². The van der Waals surface area contributed by atoms with E-state index in [9.17, 15) is 14.7 Å². The Hall–Kier alpha value is -1.81. The molecule has 0 aromatic carbocycles. The Morgan fingerprint density at radius 1 is 1.37 bits per heavy atom. The first-order valence-electron chi connectivity index (χ1n) is 10.5. The zero-order valence-corrected chi connectivity index (χ0v) is 18.7. The van der Waals surface area contributed by atoms with Crippen molar-refractivity contribution in [3.05, 3.63) is 26.6 Å². The Bertz CT molecular complexity index is 919. The number of methoxy groups -OCH3 is 1. The van der Waals surface area contributed by atoms with Gasteiger partial charge in [0.1, 0.15) is 15.5 Å². The van der Waals surface area contributed by atoms with Gasteiger partial charge in [-0.2, -0.15) is 0 Å². The molecule has 1 atom stereocenters. The van der Waals surface area contributed by atoms with Gasteiger partial charge in [-0.05, 0) is 32.3 Å². The van der Waals surface area contributed by atoms with Gasteiger partial charge in [0.05, 0.1) is 31.2 Å². The number of nitrogens with zero attached hydrogens (tertiary/aromatic N) is 2. The molecular formula is C21H31N3O5S. The molecule has 30 heavy (non-hydrogen) atoms. The van der Waals surface area contributed by atoms with Crippen molar-refractivity contribution < 1.29 is 19.4 Å². The van der Waals surface area contributed by atoms with E-state index in [2.05, 4.69) is 14.9 Å². The van der Waals surface area contributed by atoms with Gasteiger partial charge in [0.25, 0.3) is 5.56 Å². The molecule has 3 rings (SSSR count). The van der Waals surface area contributed by atoms with Crippen LogP contribution in [-0.4, -0.2) is 65.0 Å². The molecule has 0 aliphatic heterocycles. The maximum atomic E-state index is 12.8. The van der Waals surface area contributed by atoms with Crippen LogP contribution in [0.15, 0.2) is 4.79 Å². The minimum atomic E-state index is -0.605. The largest absolute Gasteiger partial charge is 0.462 e. The highest BCUT2D eigenvalue weighted by molar-refractivity contribution is 7.20. The van der Waals surface area contributed by atoms with Gasteiger partial charge in [-0.1, -0.05) is 19.3 Å². The summed E-state index contributed by atoms with van der Waals surface area (Å²) in [6.45, 7) is 4.93. The second-order valence-electron chi connectivity index (χ2n) is 7.80. The summed E-state index contributed by atoms with van der Waals surface area (Å²) in [7, 11) is 1.57. The first-order chi connectivity index (χ1) is 14.4. The minimum absolute atomic E-state index is 0.250. The minimum Gasteiger partial charge on any atom is -0.462 e. The van der Waals surface area contributed by atoms with Crippen LogP contribution in [-0.2, 0) is 16.0 Å². The Morgan fingerprint density at radius 2 is 2.10 bits per heavy atom. The zero-order chi connectivity index (χ0) is 21.7. The number of aryl methyl sites for hydroxylation is 1. The number of fused-ring (bicyclic) bond motifs is 1. The fourth-order valence-electron chi connectivity index (χ4n) is 4.15. The second kappa shape index (κ2) is 10.5. The highest BCUT2D eigenvalue weighted by atomic mass is 32.1. The second-order valence-corrected chi connectivity index (χ2v) is 8.80. The summed E-state index contributed by atoms with van der Waals surface area (Å²) in [6, 6.07) is 0.339. The summed E-state index contributed by atoms with van der Waals surface area (Å²) in [5, 5.41) is 10.7. The van der Waals surface area contributed by atoms with Gasteiger partial charge in [-0.25, -0.2) is 9.78 Å². The van der Waals surface area contributed by atoms with Crippen LogP contribution in [0, 0.1) is 6.92 Å². The fraction of sp³-hybridized carbons (Fsp3) is 0.667. The van der Waals surface area contributed by atoms with Gasteiger partial charge in [-0.15, -0.1) is 11.3 Å². The zero-order valence-electron chi connectivity index (χ0n) is 17.9. The SMILES string of the molecule is CCOC(=O)c1sc2nc(CN(CC(O)COC)C3CCCCC3)[nH]c(=O)c2c1C. The molecule has 1 aliphatic carbocycles. The topological polar surface area (TPSA) is 105 Å². The van der Waals surface area contributed by atoms with Gasteiger partial charge < -0.3 is 19.6 Å². The van der Waals surface area contributed by atoms with Crippen molar-refractivity contribution in [3.63, 3.8) is 0 Å². The third-order valence-corrected chi connectivity index (χ3v) is 6.72. The lowest BCUT2D eigenvalue weighted by Gasteiger charge is -2.35. The molecule has 0 saturated heterocycles. The molecule has 1 fully saturated rings.